The third-order valence-corrected chi connectivity index (χ3v) is 19.4. The first-order chi connectivity index (χ1) is 35.3. The van der Waals surface area contributed by atoms with Crippen LogP contribution in [0.5, 0.6) is 0 Å². The fourth-order valence-corrected chi connectivity index (χ4v) is 15.1. The van der Waals surface area contributed by atoms with Crippen LogP contribution in [0.25, 0.3) is 42.1 Å². The molecule has 2 aromatic heterocycles. The van der Waals surface area contributed by atoms with Gasteiger partial charge in [-0.05, 0) is 141 Å². The highest BCUT2D eigenvalue weighted by atomic mass is 32.1. The molecule has 1 saturated carbocycles. The Labute approximate surface area is 441 Å². The van der Waals surface area contributed by atoms with Crippen LogP contribution in [0.3, 0.4) is 0 Å². The Morgan fingerprint density at radius 1 is 0.459 bits per heavy atom. The SMILES string of the molecule is CC(C)(C)c1ccc2c(c1)B1c3cc(C(C)(C)C)ccc3N(c3ccc4c(c3)sc3ccccc34)c3cc(N4c5ccc(C(C)(C)C)cc5C5(C)CCCCC45C)cc(c31)N2c1ccc2c(c1)oc1ccccc12. The van der Waals surface area contributed by atoms with Crippen LogP contribution in [0.2, 0.25) is 0 Å². The molecular formula is C68H66BN3OS. The standard InChI is InChI=1S/C68H66BN3OS/c1-64(2,3)41-22-29-54-51(34-41)67(10)32-16-17-33-68(67,11)72(54)46-37-57-63-58(38-46)71(45-26-28-50-49-19-13-15-21-61(49)74-62(50)40-45)56-31-24-43(66(7,8)9)36-53(56)69(63)52-35-42(65(4,5)6)23-30-55(52)70(57)44-25-27-48-47-18-12-14-20-59(47)73-60(48)39-44/h12-15,18-31,34-40H,16-17,32-33H2,1-11H3. The number of furan rings is 1. The predicted molar refractivity (Wildman–Crippen MR) is 320 cm³/mol. The van der Waals surface area contributed by atoms with E-state index in [1.54, 1.807) is 0 Å². The Morgan fingerprint density at radius 2 is 0.986 bits per heavy atom. The van der Waals surface area contributed by atoms with Gasteiger partial charge in [0.15, 0.2) is 0 Å². The maximum absolute atomic E-state index is 6.74. The van der Waals surface area contributed by atoms with Crippen LogP contribution in [0.4, 0.5) is 45.5 Å². The number of hydrogen-bond donors (Lipinski definition) is 0. The molecule has 6 heteroatoms. The van der Waals surface area contributed by atoms with Gasteiger partial charge in [-0.1, -0.05) is 161 Å². The first kappa shape index (κ1) is 45.8. The molecule has 3 aliphatic heterocycles. The lowest BCUT2D eigenvalue weighted by Gasteiger charge is -2.51. The molecule has 1 aliphatic carbocycles. The van der Waals surface area contributed by atoms with Crippen molar-refractivity contribution in [3.05, 3.63) is 174 Å². The molecule has 10 aromatic rings. The lowest BCUT2D eigenvalue weighted by Crippen LogP contribution is -2.62. The van der Waals surface area contributed by atoms with Gasteiger partial charge in [0.05, 0.1) is 5.54 Å². The van der Waals surface area contributed by atoms with Crippen molar-refractivity contribution in [2.75, 3.05) is 14.7 Å². The van der Waals surface area contributed by atoms with Crippen molar-refractivity contribution in [3.8, 4) is 0 Å². The van der Waals surface area contributed by atoms with E-state index in [1.165, 1.54) is 118 Å². The van der Waals surface area contributed by atoms with Crippen LogP contribution in [0.15, 0.2) is 156 Å². The summed E-state index contributed by atoms with van der Waals surface area (Å²) in [5.41, 5.74) is 20.9. The Balaban J connectivity index is 1.11. The molecule has 5 heterocycles. The summed E-state index contributed by atoms with van der Waals surface area (Å²) in [5.74, 6) is 0. The van der Waals surface area contributed by atoms with E-state index in [0.29, 0.717) is 0 Å². The van der Waals surface area contributed by atoms with Crippen molar-refractivity contribution in [2.24, 2.45) is 0 Å². The van der Waals surface area contributed by atoms with Crippen molar-refractivity contribution >= 4 is 122 Å². The van der Waals surface area contributed by atoms with E-state index >= 15 is 0 Å². The minimum atomic E-state index is -0.161. The first-order valence-electron chi connectivity index (χ1n) is 27.2. The van der Waals surface area contributed by atoms with E-state index in [4.69, 9.17) is 4.42 Å². The maximum atomic E-state index is 6.74. The zero-order valence-electron chi connectivity index (χ0n) is 45.0. The van der Waals surface area contributed by atoms with Crippen molar-refractivity contribution in [2.45, 2.75) is 129 Å². The number of hydrogen-bond acceptors (Lipinski definition) is 5. The summed E-state index contributed by atoms with van der Waals surface area (Å²) in [6.45, 7) is 26.4. The molecule has 0 spiro atoms. The molecule has 8 aromatic carbocycles. The van der Waals surface area contributed by atoms with Gasteiger partial charge in [-0.2, -0.15) is 0 Å². The second-order valence-electron chi connectivity index (χ2n) is 25.7. The Morgan fingerprint density at radius 3 is 1.64 bits per heavy atom. The van der Waals surface area contributed by atoms with Crippen LogP contribution < -0.4 is 31.1 Å². The number of thiophene rings is 1. The fourth-order valence-electron chi connectivity index (χ4n) is 13.9. The summed E-state index contributed by atoms with van der Waals surface area (Å²) in [4.78, 5) is 8.05. The zero-order valence-corrected chi connectivity index (χ0v) is 45.8. The van der Waals surface area contributed by atoms with Gasteiger partial charge in [0, 0.05) is 87.9 Å². The molecule has 2 atom stereocenters. The molecule has 0 radical (unpaired) electrons. The molecule has 0 N–H and O–H groups in total. The van der Waals surface area contributed by atoms with Crippen molar-refractivity contribution < 1.29 is 4.42 Å². The number of nitrogens with zero attached hydrogens (tertiary/aromatic N) is 3. The summed E-state index contributed by atoms with van der Waals surface area (Å²) >= 11 is 1.90. The third kappa shape index (κ3) is 6.46. The van der Waals surface area contributed by atoms with Crippen LogP contribution in [-0.2, 0) is 21.7 Å². The fraction of sp³-hybridized carbons (Fsp3) is 0.294. The molecule has 1 fully saturated rings. The molecule has 0 amide bonds. The van der Waals surface area contributed by atoms with Gasteiger partial charge in [0.2, 0.25) is 0 Å². The highest BCUT2D eigenvalue weighted by Gasteiger charge is 2.58. The number of rotatable bonds is 3. The highest BCUT2D eigenvalue weighted by Crippen LogP contribution is 2.62. The minimum Gasteiger partial charge on any atom is -0.456 e. The summed E-state index contributed by atoms with van der Waals surface area (Å²) < 4.78 is 9.37. The van der Waals surface area contributed by atoms with E-state index in [2.05, 4.69) is 243 Å². The lowest BCUT2D eigenvalue weighted by atomic mass is 9.33. The maximum Gasteiger partial charge on any atom is 0.252 e. The van der Waals surface area contributed by atoms with Crippen molar-refractivity contribution in [3.63, 3.8) is 0 Å². The van der Waals surface area contributed by atoms with Crippen molar-refractivity contribution in [1.29, 1.82) is 0 Å². The Kier molecular flexibility index (Phi) is 9.55. The van der Waals surface area contributed by atoms with Gasteiger partial charge in [-0.15, -0.1) is 11.3 Å². The average Bonchev–Trinajstić information content (AvgIpc) is 4.00. The summed E-state index contributed by atoms with van der Waals surface area (Å²) in [6.07, 6.45) is 4.73. The predicted octanol–water partition coefficient (Wildman–Crippen LogP) is 17.7. The third-order valence-electron chi connectivity index (χ3n) is 18.3. The van der Waals surface area contributed by atoms with Gasteiger partial charge in [0.25, 0.3) is 6.71 Å². The normalized spacial score (nSPS) is 19.3. The summed E-state index contributed by atoms with van der Waals surface area (Å²) in [7, 11) is 0. The minimum absolute atomic E-state index is 0.0325. The molecular weight excluding hydrogens is 918 g/mol. The highest BCUT2D eigenvalue weighted by molar-refractivity contribution is 7.25. The molecule has 0 saturated heterocycles. The molecule has 4 nitrogen and oxygen atoms in total. The van der Waals surface area contributed by atoms with E-state index in [9.17, 15) is 0 Å². The van der Waals surface area contributed by atoms with Gasteiger partial charge in [-0.3, -0.25) is 0 Å². The van der Waals surface area contributed by atoms with E-state index in [-0.39, 0.29) is 33.9 Å². The van der Waals surface area contributed by atoms with Crippen LogP contribution in [-0.4, -0.2) is 12.3 Å². The van der Waals surface area contributed by atoms with Crippen molar-refractivity contribution in [1.82, 2.24) is 0 Å². The van der Waals surface area contributed by atoms with E-state index in [1.807, 2.05) is 11.3 Å². The zero-order chi connectivity index (χ0) is 51.0. The molecule has 74 heavy (non-hydrogen) atoms. The van der Waals surface area contributed by atoms with Crippen LogP contribution in [0, 0.1) is 0 Å². The Bertz CT molecular complexity index is 3800. The second kappa shape index (κ2) is 15.4. The number of benzene rings is 8. The monoisotopic (exact) mass is 984 g/mol. The van der Waals surface area contributed by atoms with E-state index < -0.39 is 0 Å². The Hall–Kier alpha value is -6.76. The van der Waals surface area contributed by atoms with Crippen LogP contribution >= 0.6 is 11.3 Å². The quantitative estimate of drug-likeness (QED) is 0.165. The van der Waals surface area contributed by atoms with Crippen LogP contribution in [0.1, 0.15) is 124 Å². The molecule has 4 aliphatic rings. The summed E-state index contributed by atoms with van der Waals surface area (Å²) in [5, 5.41) is 4.91. The largest absolute Gasteiger partial charge is 0.456 e. The average molecular weight is 984 g/mol. The molecule has 368 valence electrons. The first-order valence-corrected chi connectivity index (χ1v) is 28.0. The molecule has 2 unspecified atom stereocenters. The molecule has 0 bridgehead atoms. The number of para-hydroxylation sites is 1. The lowest BCUT2D eigenvalue weighted by molar-refractivity contribution is 0.195. The summed E-state index contributed by atoms with van der Waals surface area (Å²) in [6, 6.07) is 59.0. The van der Waals surface area contributed by atoms with E-state index in [0.717, 1.165) is 34.0 Å². The smallest absolute Gasteiger partial charge is 0.252 e. The number of anilines is 8. The van der Waals surface area contributed by atoms with Gasteiger partial charge < -0.3 is 19.1 Å². The topological polar surface area (TPSA) is 22.9 Å². The molecule has 14 rings (SSSR count). The number of fused-ring (bicyclic) bond motifs is 13. The van der Waals surface area contributed by atoms with Gasteiger partial charge in [0.1, 0.15) is 11.2 Å². The van der Waals surface area contributed by atoms with Gasteiger partial charge >= 0.3 is 0 Å². The van der Waals surface area contributed by atoms with Gasteiger partial charge in [-0.25, -0.2) is 0 Å². The second-order valence-corrected chi connectivity index (χ2v) is 26.8.